The summed E-state index contributed by atoms with van der Waals surface area (Å²) in [5.41, 5.74) is 2.89. The number of nitrogens with zero attached hydrogens (tertiary/aromatic N) is 2. The molecule has 0 aromatic carbocycles. The standard InChI is InChI=1S/C9H9N3O2/c1-5-8(13-4-11-5)9-6-2-10-3-7(6)12-14-9/h4,10H,2-3H2,1H3. The van der Waals surface area contributed by atoms with Crippen LogP contribution in [-0.4, -0.2) is 10.1 Å². The zero-order valence-corrected chi connectivity index (χ0v) is 7.70. The third-order valence-corrected chi connectivity index (χ3v) is 2.42. The maximum absolute atomic E-state index is 5.26. The zero-order valence-electron chi connectivity index (χ0n) is 7.70. The van der Waals surface area contributed by atoms with Crippen molar-refractivity contribution in [1.82, 2.24) is 15.5 Å². The SMILES string of the molecule is Cc1ncoc1-c1onc2c1CNC2. The van der Waals surface area contributed by atoms with Crippen molar-refractivity contribution < 1.29 is 8.94 Å². The van der Waals surface area contributed by atoms with Gasteiger partial charge < -0.3 is 14.3 Å². The Kier molecular flexibility index (Phi) is 1.49. The Morgan fingerprint density at radius 1 is 1.36 bits per heavy atom. The van der Waals surface area contributed by atoms with Gasteiger partial charge in [0.15, 0.2) is 12.2 Å². The van der Waals surface area contributed by atoms with E-state index in [0.29, 0.717) is 11.5 Å². The second-order valence-electron chi connectivity index (χ2n) is 3.31. The van der Waals surface area contributed by atoms with Crippen LogP contribution in [-0.2, 0) is 13.1 Å². The minimum absolute atomic E-state index is 0.683. The Morgan fingerprint density at radius 3 is 3.07 bits per heavy atom. The Bertz CT molecular complexity index is 472. The fourth-order valence-corrected chi connectivity index (χ4v) is 1.67. The monoisotopic (exact) mass is 191 g/mol. The fraction of sp³-hybridized carbons (Fsp3) is 0.333. The molecular weight excluding hydrogens is 182 g/mol. The van der Waals surface area contributed by atoms with Crippen molar-refractivity contribution in [3.63, 3.8) is 0 Å². The number of aryl methyl sites for hydroxylation is 1. The Morgan fingerprint density at radius 2 is 2.29 bits per heavy atom. The molecule has 1 aliphatic heterocycles. The molecule has 0 bridgehead atoms. The van der Waals surface area contributed by atoms with E-state index < -0.39 is 0 Å². The summed E-state index contributed by atoms with van der Waals surface area (Å²) < 4.78 is 10.5. The Hall–Kier alpha value is -1.62. The molecule has 0 aliphatic carbocycles. The van der Waals surface area contributed by atoms with Gasteiger partial charge in [0, 0.05) is 18.7 Å². The van der Waals surface area contributed by atoms with Crippen molar-refractivity contribution in [3.05, 3.63) is 23.3 Å². The van der Waals surface area contributed by atoms with E-state index in [0.717, 1.165) is 30.0 Å². The molecule has 72 valence electrons. The minimum Gasteiger partial charge on any atom is -0.440 e. The second kappa shape index (κ2) is 2.68. The molecule has 0 unspecified atom stereocenters. The molecule has 0 saturated carbocycles. The second-order valence-corrected chi connectivity index (χ2v) is 3.31. The third-order valence-electron chi connectivity index (χ3n) is 2.42. The van der Waals surface area contributed by atoms with E-state index in [4.69, 9.17) is 8.94 Å². The smallest absolute Gasteiger partial charge is 0.208 e. The largest absolute Gasteiger partial charge is 0.440 e. The summed E-state index contributed by atoms with van der Waals surface area (Å²) in [7, 11) is 0. The number of hydrogen-bond donors (Lipinski definition) is 1. The molecule has 0 amide bonds. The van der Waals surface area contributed by atoms with Crippen LogP contribution in [0.2, 0.25) is 0 Å². The lowest BCUT2D eigenvalue weighted by Gasteiger charge is -1.93. The molecule has 1 aliphatic rings. The van der Waals surface area contributed by atoms with Crippen LogP contribution in [0.5, 0.6) is 0 Å². The van der Waals surface area contributed by atoms with Gasteiger partial charge in [0.25, 0.3) is 0 Å². The van der Waals surface area contributed by atoms with Gasteiger partial charge in [-0.3, -0.25) is 0 Å². The van der Waals surface area contributed by atoms with E-state index in [1.807, 2.05) is 6.92 Å². The molecule has 5 heteroatoms. The van der Waals surface area contributed by atoms with Crippen LogP contribution in [0.1, 0.15) is 17.0 Å². The molecule has 0 saturated heterocycles. The number of fused-ring (bicyclic) bond motifs is 1. The van der Waals surface area contributed by atoms with Gasteiger partial charge in [-0.15, -0.1) is 0 Å². The molecule has 3 heterocycles. The van der Waals surface area contributed by atoms with E-state index in [-0.39, 0.29) is 0 Å². The molecule has 0 fully saturated rings. The average Bonchev–Trinajstić information content (AvgIpc) is 2.78. The topological polar surface area (TPSA) is 64.1 Å². The first-order valence-electron chi connectivity index (χ1n) is 4.45. The lowest BCUT2D eigenvalue weighted by molar-refractivity contribution is 0.404. The van der Waals surface area contributed by atoms with Crippen molar-refractivity contribution in [3.8, 4) is 11.5 Å². The highest BCUT2D eigenvalue weighted by Crippen LogP contribution is 2.30. The van der Waals surface area contributed by atoms with Crippen molar-refractivity contribution in [2.75, 3.05) is 0 Å². The van der Waals surface area contributed by atoms with Gasteiger partial charge in [-0.1, -0.05) is 5.16 Å². The van der Waals surface area contributed by atoms with Gasteiger partial charge >= 0.3 is 0 Å². The van der Waals surface area contributed by atoms with E-state index in [9.17, 15) is 0 Å². The van der Waals surface area contributed by atoms with Crippen LogP contribution in [0.25, 0.3) is 11.5 Å². The summed E-state index contributed by atoms with van der Waals surface area (Å²) in [6, 6.07) is 0. The molecule has 5 nitrogen and oxygen atoms in total. The predicted octanol–water partition coefficient (Wildman–Crippen LogP) is 1.24. The fourth-order valence-electron chi connectivity index (χ4n) is 1.67. The quantitative estimate of drug-likeness (QED) is 0.734. The zero-order chi connectivity index (χ0) is 9.54. The average molecular weight is 191 g/mol. The maximum Gasteiger partial charge on any atom is 0.208 e. The molecule has 14 heavy (non-hydrogen) atoms. The van der Waals surface area contributed by atoms with E-state index >= 15 is 0 Å². The number of rotatable bonds is 1. The first-order valence-corrected chi connectivity index (χ1v) is 4.45. The van der Waals surface area contributed by atoms with Crippen LogP contribution in [0.4, 0.5) is 0 Å². The third kappa shape index (κ3) is 0.927. The lowest BCUT2D eigenvalue weighted by Crippen LogP contribution is -2.01. The van der Waals surface area contributed by atoms with Gasteiger partial charge in [-0.25, -0.2) is 4.98 Å². The van der Waals surface area contributed by atoms with Gasteiger partial charge in [-0.05, 0) is 6.92 Å². The summed E-state index contributed by atoms with van der Waals surface area (Å²) in [4.78, 5) is 4.02. The minimum atomic E-state index is 0.683. The number of hydrogen-bond acceptors (Lipinski definition) is 5. The van der Waals surface area contributed by atoms with E-state index in [1.54, 1.807) is 0 Å². The molecule has 3 rings (SSSR count). The molecular formula is C9H9N3O2. The highest BCUT2D eigenvalue weighted by atomic mass is 16.5. The van der Waals surface area contributed by atoms with Gasteiger partial charge in [0.2, 0.25) is 5.76 Å². The lowest BCUT2D eigenvalue weighted by atomic mass is 10.2. The van der Waals surface area contributed by atoms with Crippen LogP contribution in [0.3, 0.4) is 0 Å². The molecule has 1 N–H and O–H groups in total. The summed E-state index contributed by atoms with van der Waals surface area (Å²) in [6.45, 7) is 3.44. The molecule has 0 spiro atoms. The highest BCUT2D eigenvalue weighted by Gasteiger charge is 2.24. The van der Waals surface area contributed by atoms with Crippen molar-refractivity contribution in [1.29, 1.82) is 0 Å². The van der Waals surface area contributed by atoms with Crippen molar-refractivity contribution >= 4 is 0 Å². The Labute approximate surface area is 80.1 Å². The highest BCUT2D eigenvalue weighted by molar-refractivity contribution is 5.58. The molecule has 0 atom stereocenters. The maximum atomic E-state index is 5.26. The summed E-state index contributed by atoms with van der Waals surface area (Å²) in [5, 5.41) is 7.17. The molecule has 0 radical (unpaired) electrons. The van der Waals surface area contributed by atoms with E-state index in [1.165, 1.54) is 6.39 Å². The normalized spacial score (nSPS) is 14.6. The van der Waals surface area contributed by atoms with Crippen LogP contribution >= 0.6 is 0 Å². The van der Waals surface area contributed by atoms with Gasteiger partial charge in [-0.2, -0.15) is 0 Å². The van der Waals surface area contributed by atoms with Gasteiger partial charge in [0.1, 0.15) is 5.69 Å². The summed E-state index contributed by atoms with van der Waals surface area (Å²) >= 11 is 0. The predicted molar refractivity (Wildman–Crippen MR) is 47.3 cm³/mol. The van der Waals surface area contributed by atoms with Crippen LogP contribution in [0, 0.1) is 6.92 Å². The molecule has 2 aromatic rings. The van der Waals surface area contributed by atoms with Crippen molar-refractivity contribution in [2.45, 2.75) is 20.0 Å². The summed E-state index contributed by atoms with van der Waals surface area (Å²) in [5.74, 6) is 1.39. The molecule has 2 aromatic heterocycles. The Balaban J connectivity index is 2.17. The first kappa shape index (κ1) is 7.75. The first-order chi connectivity index (χ1) is 6.86. The van der Waals surface area contributed by atoms with Crippen LogP contribution < -0.4 is 5.32 Å². The summed E-state index contributed by atoms with van der Waals surface area (Å²) in [6.07, 6.45) is 1.42. The van der Waals surface area contributed by atoms with E-state index in [2.05, 4.69) is 15.5 Å². The number of aromatic nitrogens is 2. The van der Waals surface area contributed by atoms with Gasteiger partial charge in [0.05, 0.1) is 5.69 Å². The number of oxazole rings is 1. The van der Waals surface area contributed by atoms with Crippen LogP contribution in [0.15, 0.2) is 15.3 Å². The number of nitrogens with one attached hydrogen (secondary N) is 1. The van der Waals surface area contributed by atoms with Crippen molar-refractivity contribution in [2.24, 2.45) is 0 Å².